The largest absolute Gasteiger partial charge is 0.481 e. The third kappa shape index (κ3) is 7.46. The minimum absolute atomic E-state index is 0.0968. The molecule has 0 aliphatic carbocycles. The van der Waals surface area contributed by atoms with Gasteiger partial charge in [-0.1, -0.05) is 66.2 Å². The van der Waals surface area contributed by atoms with Gasteiger partial charge in [-0.15, -0.1) is 0 Å². The second-order valence-electron chi connectivity index (χ2n) is 8.33. The van der Waals surface area contributed by atoms with Gasteiger partial charge in [0.1, 0.15) is 0 Å². The zero-order valence-corrected chi connectivity index (χ0v) is 20.5. The Labute approximate surface area is 203 Å². The summed E-state index contributed by atoms with van der Waals surface area (Å²) in [5.74, 6) is -0.714. The first-order chi connectivity index (χ1) is 15.8. The van der Waals surface area contributed by atoms with E-state index in [1.807, 2.05) is 24.3 Å². The van der Waals surface area contributed by atoms with E-state index in [2.05, 4.69) is 76.4 Å². The van der Waals surface area contributed by atoms with E-state index in [1.54, 1.807) is 12.1 Å². The SMILES string of the molecule is CC(C)c1ccc(CN(Cc2ccc(Br)cc2)c2ccc(C(=O)NCCC(=O)O)cc2)cc1. The summed E-state index contributed by atoms with van der Waals surface area (Å²) in [6.45, 7) is 5.95. The fourth-order valence-corrected chi connectivity index (χ4v) is 3.75. The van der Waals surface area contributed by atoms with Gasteiger partial charge in [0.25, 0.3) is 5.91 Å². The summed E-state index contributed by atoms with van der Waals surface area (Å²) >= 11 is 3.49. The molecular weight excluding hydrogens is 480 g/mol. The molecule has 0 heterocycles. The van der Waals surface area contributed by atoms with Crippen LogP contribution in [0.4, 0.5) is 5.69 Å². The van der Waals surface area contributed by atoms with Crippen LogP contribution in [0.15, 0.2) is 77.3 Å². The second kappa shape index (κ2) is 11.7. The quantitative estimate of drug-likeness (QED) is 0.353. The van der Waals surface area contributed by atoms with Gasteiger partial charge in [-0.25, -0.2) is 0 Å². The Morgan fingerprint density at radius 2 is 1.42 bits per heavy atom. The minimum atomic E-state index is -0.935. The number of carboxylic acids is 1. The number of carbonyl (C=O) groups is 2. The van der Waals surface area contributed by atoms with Gasteiger partial charge in [-0.3, -0.25) is 9.59 Å². The number of rotatable bonds is 10. The first-order valence-corrected chi connectivity index (χ1v) is 11.8. The molecular formula is C27H29BrN2O3. The van der Waals surface area contributed by atoms with Crippen molar-refractivity contribution < 1.29 is 14.7 Å². The molecule has 5 nitrogen and oxygen atoms in total. The number of carbonyl (C=O) groups excluding carboxylic acids is 1. The van der Waals surface area contributed by atoms with E-state index in [0.717, 1.165) is 23.2 Å². The molecule has 2 N–H and O–H groups in total. The molecule has 3 aromatic rings. The molecule has 3 rings (SSSR count). The predicted octanol–water partition coefficient (Wildman–Crippen LogP) is 5.98. The number of anilines is 1. The molecule has 172 valence electrons. The Hall–Kier alpha value is -3.12. The summed E-state index contributed by atoms with van der Waals surface area (Å²) in [4.78, 5) is 25.2. The lowest BCUT2D eigenvalue weighted by atomic mass is 10.0. The van der Waals surface area contributed by atoms with Crippen molar-refractivity contribution in [2.45, 2.75) is 39.3 Å². The summed E-state index contributed by atoms with van der Waals surface area (Å²) in [6, 6.07) is 24.4. The Morgan fingerprint density at radius 3 is 1.94 bits per heavy atom. The molecule has 0 aliphatic heterocycles. The number of aliphatic carboxylic acids is 1. The summed E-state index contributed by atoms with van der Waals surface area (Å²) in [5, 5.41) is 11.4. The molecule has 6 heteroatoms. The summed E-state index contributed by atoms with van der Waals surface area (Å²) < 4.78 is 1.04. The average Bonchev–Trinajstić information content (AvgIpc) is 2.80. The van der Waals surface area contributed by atoms with E-state index in [1.165, 1.54) is 16.7 Å². The molecule has 33 heavy (non-hydrogen) atoms. The minimum Gasteiger partial charge on any atom is -0.481 e. The van der Waals surface area contributed by atoms with Crippen molar-refractivity contribution in [3.8, 4) is 0 Å². The standard InChI is InChI=1S/C27H29BrN2O3/c1-19(2)22-7-3-20(4-8-22)17-30(18-21-5-11-24(28)12-6-21)25-13-9-23(10-14-25)27(33)29-16-15-26(31)32/h3-14,19H,15-18H2,1-2H3,(H,29,33)(H,31,32). The van der Waals surface area contributed by atoms with Crippen LogP contribution in [0.5, 0.6) is 0 Å². The normalized spacial score (nSPS) is 10.8. The van der Waals surface area contributed by atoms with Crippen molar-refractivity contribution in [1.29, 1.82) is 0 Å². The van der Waals surface area contributed by atoms with Crippen LogP contribution < -0.4 is 10.2 Å². The zero-order chi connectivity index (χ0) is 23.8. The number of nitrogens with one attached hydrogen (secondary N) is 1. The van der Waals surface area contributed by atoms with Crippen LogP contribution in [-0.4, -0.2) is 23.5 Å². The molecule has 0 bridgehead atoms. The van der Waals surface area contributed by atoms with Crippen LogP contribution >= 0.6 is 15.9 Å². The number of amides is 1. The molecule has 0 aromatic heterocycles. The summed E-state index contributed by atoms with van der Waals surface area (Å²) in [7, 11) is 0. The Balaban J connectivity index is 1.78. The lowest BCUT2D eigenvalue weighted by molar-refractivity contribution is -0.136. The number of nitrogens with zero attached hydrogens (tertiary/aromatic N) is 1. The second-order valence-corrected chi connectivity index (χ2v) is 9.24. The van der Waals surface area contributed by atoms with Crippen molar-refractivity contribution >= 4 is 33.5 Å². The van der Waals surface area contributed by atoms with Crippen molar-refractivity contribution in [3.63, 3.8) is 0 Å². The maximum atomic E-state index is 12.3. The molecule has 0 radical (unpaired) electrons. The first kappa shape index (κ1) is 24.5. The van der Waals surface area contributed by atoms with Gasteiger partial charge in [-0.2, -0.15) is 0 Å². The lowest BCUT2D eigenvalue weighted by Crippen LogP contribution is -2.26. The van der Waals surface area contributed by atoms with Gasteiger partial charge in [0.15, 0.2) is 0 Å². The highest BCUT2D eigenvalue weighted by atomic mass is 79.9. The number of hydrogen-bond donors (Lipinski definition) is 2. The lowest BCUT2D eigenvalue weighted by Gasteiger charge is -2.26. The third-order valence-corrected chi connectivity index (χ3v) is 5.95. The highest BCUT2D eigenvalue weighted by Gasteiger charge is 2.12. The highest BCUT2D eigenvalue weighted by Crippen LogP contribution is 2.23. The van der Waals surface area contributed by atoms with Gasteiger partial charge in [0, 0.05) is 35.4 Å². The van der Waals surface area contributed by atoms with Crippen molar-refractivity contribution in [2.75, 3.05) is 11.4 Å². The summed E-state index contributed by atoms with van der Waals surface area (Å²) in [5.41, 5.74) is 5.23. The van der Waals surface area contributed by atoms with Crippen LogP contribution in [-0.2, 0) is 17.9 Å². The van der Waals surface area contributed by atoms with E-state index in [0.29, 0.717) is 11.5 Å². The van der Waals surface area contributed by atoms with Crippen molar-refractivity contribution in [2.24, 2.45) is 0 Å². The topological polar surface area (TPSA) is 69.6 Å². The molecule has 0 unspecified atom stereocenters. The van der Waals surface area contributed by atoms with Crippen molar-refractivity contribution in [1.82, 2.24) is 5.32 Å². The fourth-order valence-electron chi connectivity index (χ4n) is 3.49. The Bertz CT molecular complexity index is 1060. The summed E-state index contributed by atoms with van der Waals surface area (Å²) in [6.07, 6.45) is -0.0968. The monoisotopic (exact) mass is 508 g/mol. The van der Waals surface area contributed by atoms with E-state index >= 15 is 0 Å². The maximum Gasteiger partial charge on any atom is 0.305 e. The fraction of sp³-hybridized carbons (Fsp3) is 0.259. The van der Waals surface area contributed by atoms with Crippen LogP contribution in [0.3, 0.4) is 0 Å². The maximum absolute atomic E-state index is 12.3. The number of hydrogen-bond acceptors (Lipinski definition) is 3. The predicted molar refractivity (Wildman–Crippen MR) is 136 cm³/mol. The van der Waals surface area contributed by atoms with E-state index in [9.17, 15) is 9.59 Å². The molecule has 0 spiro atoms. The van der Waals surface area contributed by atoms with E-state index in [-0.39, 0.29) is 18.9 Å². The van der Waals surface area contributed by atoms with Crippen LogP contribution in [0.2, 0.25) is 0 Å². The Morgan fingerprint density at radius 1 is 0.879 bits per heavy atom. The van der Waals surface area contributed by atoms with Gasteiger partial charge < -0.3 is 15.3 Å². The molecule has 0 fully saturated rings. The molecule has 3 aromatic carbocycles. The average molecular weight is 509 g/mol. The van der Waals surface area contributed by atoms with Crippen LogP contribution in [0.1, 0.15) is 53.2 Å². The smallest absolute Gasteiger partial charge is 0.305 e. The Kier molecular flexibility index (Phi) is 8.66. The van der Waals surface area contributed by atoms with E-state index in [4.69, 9.17) is 5.11 Å². The number of halogens is 1. The van der Waals surface area contributed by atoms with Gasteiger partial charge in [0.05, 0.1) is 6.42 Å². The molecule has 0 atom stereocenters. The van der Waals surface area contributed by atoms with Gasteiger partial charge in [-0.05, 0) is 59.0 Å². The highest BCUT2D eigenvalue weighted by molar-refractivity contribution is 9.10. The number of benzene rings is 3. The molecule has 0 saturated heterocycles. The zero-order valence-electron chi connectivity index (χ0n) is 18.9. The van der Waals surface area contributed by atoms with Crippen LogP contribution in [0.25, 0.3) is 0 Å². The van der Waals surface area contributed by atoms with Gasteiger partial charge >= 0.3 is 5.97 Å². The van der Waals surface area contributed by atoms with Crippen molar-refractivity contribution in [3.05, 3.63) is 99.5 Å². The van der Waals surface area contributed by atoms with E-state index < -0.39 is 5.97 Å². The van der Waals surface area contributed by atoms with Crippen LogP contribution in [0, 0.1) is 0 Å². The third-order valence-electron chi connectivity index (χ3n) is 5.43. The number of carboxylic acid groups (broad SMARTS) is 1. The van der Waals surface area contributed by atoms with Gasteiger partial charge in [0.2, 0.25) is 0 Å². The first-order valence-electron chi connectivity index (χ1n) is 11.0. The molecule has 1 amide bonds. The molecule has 0 aliphatic rings. The molecule has 0 saturated carbocycles.